The molecule has 4 rings (SSSR count). The first kappa shape index (κ1) is 19.7. The molecule has 0 N–H and O–H groups in total. The molecule has 2 aromatic heterocycles. The molecule has 0 amide bonds. The quantitative estimate of drug-likeness (QED) is 0.408. The summed E-state index contributed by atoms with van der Waals surface area (Å²) in [4.78, 5) is 20.6. The van der Waals surface area contributed by atoms with Gasteiger partial charge in [-0.1, -0.05) is 43.3 Å². The Morgan fingerprint density at radius 2 is 2.04 bits per heavy atom. The maximum Gasteiger partial charge on any atom is 0.267 e. The van der Waals surface area contributed by atoms with Crippen LogP contribution in [-0.2, 0) is 17.8 Å². The van der Waals surface area contributed by atoms with Crippen LogP contribution in [0.2, 0.25) is 0 Å². The summed E-state index contributed by atoms with van der Waals surface area (Å²) in [7, 11) is 0. The third-order valence-electron chi connectivity index (χ3n) is 5.46. The highest BCUT2D eigenvalue weighted by molar-refractivity contribution is 7.99. The van der Waals surface area contributed by atoms with E-state index in [1.165, 1.54) is 5.56 Å². The summed E-state index contributed by atoms with van der Waals surface area (Å²) in [5.41, 5.74) is 3.04. The fraction of sp³-hybridized carbons (Fsp3) is 0.455. The van der Waals surface area contributed by atoms with Crippen LogP contribution >= 0.6 is 23.1 Å². The van der Waals surface area contributed by atoms with E-state index in [4.69, 9.17) is 9.72 Å². The van der Waals surface area contributed by atoms with E-state index in [9.17, 15) is 4.79 Å². The van der Waals surface area contributed by atoms with Gasteiger partial charge in [-0.05, 0) is 44.4 Å². The van der Waals surface area contributed by atoms with E-state index in [2.05, 4.69) is 27.7 Å². The van der Waals surface area contributed by atoms with Crippen molar-refractivity contribution in [3.8, 4) is 5.69 Å². The van der Waals surface area contributed by atoms with Crippen molar-refractivity contribution < 1.29 is 4.74 Å². The van der Waals surface area contributed by atoms with Crippen LogP contribution in [0.3, 0.4) is 0 Å². The van der Waals surface area contributed by atoms with Crippen molar-refractivity contribution in [3.05, 3.63) is 50.6 Å². The zero-order valence-electron chi connectivity index (χ0n) is 16.9. The number of fused-ring (bicyclic) bond motifs is 3. The zero-order valence-corrected chi connectivity index (χ0v) is 18.5. The van der Waals surface area contributed by atoms with E-state index >= 15 is 0 Å². The first-order valence-electron chi connectivity index (χ1n) is 9.87. The van der Waals surface area contributed by atoms with Crippen molar-refractivity contribution in [1.29, 1.82) is 0 Å². The maximum absolute atomic E-state index is 13.7. The summed E-state index contributed by atoms with van der Waals surface area (Å²) in [5, 5.41) is 1.56. The number of nitrogens with zero attached hydrogens (tertiary/aromatic N) is 2. The van der Waals surface area contributed by atoms with Gasteiger partial charge in [-0.25, -0.2) is 4.98 Å². The number of ether oxygens (including phenoxy) is 1. The molecule has 1 aliphatic heterocycles. The average Bonchev–Trinajstić information content (AvgIpc) is 3.05. The number of rotatable bonds is 5. The molecule has 148 valence electrons. The first-order valence-corrected chi connectivity index (χ1v) is 11.7. The van der Waals surface area contributed by atoms with Crippen LogP contribution in [0.5, 0.6) is 0 Å². The van der Waals surface area contributed by atoms with Crippen molar-refractivity contribution in [2.75, 3.05) is 5.75 Å². The smallest absolute Gasteiger partial charge is 0.267 e. The molecule has 3 heterocycles. The van der Waals surface area contributed by atoms with E-state index < -0.39 is 0 Å². The Balaban J connectivity index is 1.96. The molecule has 1 aliphatic rings. The van der Waals surface area contributed by atoms with Crippen LogP contribution < -0.4 is 5.56 Å². The van der Waals surface area contributed by atoms with Gasteiger partial charge in [0.2, 0.25) is 0 Å². The summed E-state index contributed by atoms with van der Waals surface area (Å²) in [6.45, 7) is 9.05. The predicted molar refractivity (Wildman–Crippen MR) is 118 cm³/mol. The maximum atomic E-state index is 13.7. The normalized spacial score (nSPS) is 19.1. The Kier molecular flexibility index (Phi) is 5.38. The number of aryl methyl sites for hydroxylation is 1. The lowest BCUT2D eigenvalue weighted by Crippen LogP contribution is -2.34. The van der Waals surface area contributed by atoms with Gasteiger partial charge in [0.1, 0.15) is 4.83 Å². The summed E-state index contributed by atoms with van der Waals surface area (Å²) >= 11 is 3.27. The molecule has 4 nitrogen and oxygen atoms in total. The highest BCUT2D eigenvalue weighted by Gasteiger charge is 2.33. The summed E-state index contributed by atoms with van der Waals surface area (Å²) in [6, 6.07) is 8.12. The number of hydrogen-bond donors (Lipinski definition) is 0. The second kappa shape index (κ2) is 7.65. The highest BCUT2D eigenvalue weighted by Crippen LogP contribution is 2.39. The van der Waals surface area contributed by atoms with E-state index in [0.29, 0.717) is 6.61 Å². The lowest BCUT2D eigenvalue weighted by atomic mass is 9.90. The third kappa shape index (κ3) is 3.42. The van der Waals surface area contributed by atoms with Crippen molar-refractivity contribution in [1.82, 2.24) is 9.55 Å². The van der Waals surface area contributed by atoms with Gasteiger partial charge in [0.25, 0.3) is 5.56 Å². The lowest BCUT2D eigenvalue weighted by molar-refractivity contribution is -0.0543. The predicted octanol–water partition coefficient (Wildman–Crippen LogP) is 5.50. The minimum Gasteiger partial charge on any atom is -0.369 e. The molecule has 0 bridgehead atoms. The number of thiophene rings is 1. The number of aromatic nitrogens is 2. The topological polar surface area (TPSA) is 44.1 Å². The van der Waals surface area contributed by atoms with Crippen LogP contribution in [-0.4, -0.2) is 20.9 Å². The molecule has 6 heteroatoms. The van der Waals surface area contributed by atoms with Crippen molar-refractivity contribution in [3.63, 3.8) is 0 Å². The number of benzene rings is 1. The Labute approximate surface area is 174 Å². The third-order valence-corrected chi connectivity index (χ3v) is 7.70. The van der Waals surface area contributed by atoms with E-state index in [-0.39, 0.29) is 11.2 Å². The molecule has 0 radical (unpaired) electrons. The molecule has 1 atom stereocenters. The van der Waals surface area contributed by atoms with Gasteiger partial charge in [0.05, 0.1) is 23.3 Å². The molecule has 1 aromatic carbocycles. The Hall–Kier alpha value is -1.63. The molecule has 28 heavy (non-hydrogen) atoms. The van der Waals surface area contributed by atoms with Crippen LogP contribution in [0.4, 0.5) is 0 Å². The first-order chi connectivity index (χ1) is 13.5. The Morgan fingerprint density at radius 3 is 2.71 bits per heavy atom. The van der Waals surface area contributed by atoms with Gasteiger partial charge in [0, 0.05) is 17.1 Å². The molecular formula is C22H26N2O2S2. The molecule has 1 unspecified atom stereocenters. The summed E-state index contributed by atoms with van der Waals surface area (Å²) in [5.74, 6) is 0.936. The largest absolute Gasteiger partial charge is 0.369 e. The minimum atomic E-state index is -0.211. The Bertz CT molecular complexity index is 1070. The van der Waals surface area contributed by atoms with E-state index in [0.717, 1.165) is 56.5 Å². The van der Waals surface area contributed by atoms with E-state index in [1.807, 2.05) is 24.3 Å². The second-order valence-electron chi connectivity index (χ2n) is 7.67. The van der Waals surface area contributed by atoms with Gasteiger partial charge in [0.15, 0.2) is 5.16 Å². The minimum absolute atomic E-state index is 0.0466. The monoisotopic (exact) mass is 414 g/mol. The standard InChI is InChI=1S/C22H26N2O2S2/c1-5-11-27-21-23-19-18(16-12-22(4,6-2)26-13-17(16)28-19)20(25)24(21)15-9-7-14(3)8-10-15/h7-10H,5-6,11-13H2,1-4H3. The fourth-order valence-electron chi connectivity index (χ4n) is 3.54. The Morgan fingerprint density at radius 1 is 1.29 bits per heavy atom. The second-order valence-corrected chi connectivity index (χ2v) is 9.82. The fourth-order valence-corrected chi connectivity index (χ4v) is 5.55. The average molecular weight is 415 g/mol. The zero-order chi connectivity index (χ0) is 19.9. The van der Waals surface area contributed by atoms with E-state index in [1.54, 1.807) is 27.7 Å². The molecular weight excluding hydrogens is 388 g/mol. The van der Waals surface area contributed by atoms with Crippen molar-refractivity contribution in [2.45, 2.75) is 64.3 Å². The molecule has 0 saturated heterocycles. The van der Waals surface area contributed by atoms with Gasteiger partial charge < -0.3 is 4.74 Å². The molecule has 0 fully saturated rings. The number of thioether (sulfide) groups is 1. The summed E-state index contributed by atoms with van der Waals surface area (Å²) in [6.07, 6.45) is 2.73. The van der Waals surface area contributed by atoms with Crippen LogP contribution in [0.25, 0.3) is 15.9 Å². The summed E-state index contributed by atoms with van der Waals surface area (Å²) < 4.78 is 7.90. The van der Waals surface area contributed by atoms with Gasteiger partial charge in [-0.3, -0.25) is 9.36 Å². The molecule has 0 saturated carbocycles. The van der Waals surface area contributed by atoms with Crippen LogP contribution in [0.15, 0.2) is 34.2 Å². The van der Waals surface area contributed by atoms with Crippen molar-refractivity contribution >= 4 is 33.3 Å². The molecule has 0 aliphatic carbocycles. The lowest BCUT2D eigenvalue weighted by Gasteiger charge is -2.32. The van der Waals surface area contributed by atoms with Crippen molar-refractivity contribution in [2.24, 2.45) is 0 Å². The SMILES string of the molecule is CCCSc1nc2sc3c(c2c(=O)n1-c1ccc(C)cc1)CC(C)(CC)OC3. The molecule has 0 spiro atoms. The van der Waals surface area contributed by atoms with Crippen LogP contribution in [0, 0.1) is 6.92 Å². The highest BCUT2D eigenvalue weighted by atomic mass is 32.2. The molecule has 3 aromatic rings. The van der Waals surface area contributed by atoms with Gasteiger partial charge in [-0.2, -0.15) is 0 Å². The number of hydrogen-bond acceptors (Lipinski definition) is 5. The van der Waals surface area contributed by atoms with Gasteiger partial charge in [-0.15, -0.1) is 11.3 Å². The van der Waals surface area contributed by atoms with Crippen LogP contribution in [0.1, 0.15) is 49.6 Å². The van der Waals surface area contributed by atoms with Gasteiger partial charge >= 0.3 is 0 Å².